The number of nitrogens with zero attached hydrogens (tertiary/aromatic N) is 2. The Kier molecular flexibility index (Phi) is 3.64. The first-order chi connectivity index (χ1) is 8.08. The fraction of sp³-hybridized carbons (Fsp3) is 0.615. The van der Waals surface area contributed by atoms with Crippen molar-refractivity contribution in [3.05, 3.63) is 33.7 Å². The molecule has 0 saturated heterocycles. The predicted octanol–water partition coefficient (Wildman–Crippen LogP) is 0.226. The van der Waals surface area contributed by atoms with Crippen molar-refractivity contribution < 1.29 is 0 Å². The topological polar surface area (TPSA) is 51.3 Å². The SMILES string of the molecule is CN(C)CCn1c2c(ccc1=O)C[C@@H](N)CC2. The average Bonchev–Trinajstić information content (AvgIpc) is 2.27. The zero-order valence-electron chi connectivity index (χ0n) is 10.6. The van der Waals surface area contributed by atoms with E-state index in [9.17, 15) is 4.79 Å². The van der Waals surface area contributed by atoms with Gasteiger partial charge in [-0.3, -0.25) is 4.79 Å². The van der Waals surface area contributed by atoms with Gasteiger partial charge in [-0.15, -0.1) is 0 Å². The molecule has 17 heavy (non-hydrogen) atoms. The summed E-state index contributed by atoms with van der Waals surface area (Å²) in [5.74, 6) is 0. The van der Waals surface area contributed by atoms with Crippen molar-refractivity contribution in [3.8, 4) is 0 Å². The van der Waals surface area contributed by atoms with Crippen molar-refractivity contribution in [3.63, 3.8) is 0 Å². The molecule has 4 nitrogen and oxygen atoms in total. The van der Waals surface area contributed by atoms with Crippen molar-refractivity contribution >= 4 is 0 Å². The third-order valence-electron chi connectivity index (χ3n) is 3.39. The number of nitrogens with two attached hydrogens (primary N) is 1. The molecule has 94 valence electrons. The summed E-state index contributed by atoms with van der Waals surface area (Å²) >= 11 is 0. The molecule has 0 amide bonds. The van der Waals surface area contributed by atoms with Gasteiger partial charge in [0.05, 0.1) is 0 Å². The van der Waals surface area contributed by atoms with E-state index in [1.807, 2.05) is 24.7 Å². The van der Waals surface area contributed by atoms with Crippen LogP contribution in [0.3, 0.4) is 0 Å². The molecule has 1 aliphatic carbocycles. The van der Waals surface area contributed by atoms with Gasteiger partial charge in [-0.2, -0.15) is 0 Å². The minimum absolute atomic E-state index is 0.112. The van der Waals surface area contributed by atoms with E-state index < -0.39 is 0 Å². The minimum Gasteiger partial charge on any atom is -0.327 e. The lowest BCUT2D eigenvalue weighted by molar-refractivity contribution is 0.374. The molecule has 0 aromatic carbocycles. The van der Waals surface area contributed by atoms with Crippen LogP contribution in [0, 0.1) is 0 Å². The normalized spacial score (nSPS) is 19.4. The van der Waals surface area contributed by atoms with Gasteiger partial charge in [-0.25, -0.2) is 0 Å². The summed E-state index contributed by atoms with van der Waals surface area (Å²) in [5, 5.41) is 0. The van der Waals surface area contributed by atoms with Crippen molar-refractivity contribution in [2.45, 2.75) is 31.8 Å². The summed E-state index contributed by atoms with van der Waals surface area (Å²) in [4.78, 5) is 14.0. The maximum atomic E-state index is 11.9. The maximum Gasteiger partial charge on any atom is 0.250 e. The van der Waals surface area contributed by atoms with Gasteiger partial charge in [0.25, 0.3) is 5.56 Å². The van der Waals surface area contributed by atoms with Gasteiger partial charge in [-0.05, 0) is 38.9 Å². The summed E-state index contributed by atoms with van der Waals surface area (Å²) in [5.41, 5.74) is 8.52. The molecule has 0 unspecified atom stereocenters. The summed E-state index contributed by atoms with van der Waals surface area (Å²) < 4.78 is 1.92. The number of likely N-dealkylation sites (N-methyl/N-ethyl adjacent to an activating group) is 1. The summed E-state index contributed by atoms with van der Waals surface area (Å²) in [6.07, 6.45) is 2.82. The second kappa shape index (κ2) is 5.02. The molecule has 0 spiro atoms. The van der Waals surface area contributed by atoms with Gasteiger partial charge in [-0.1, -0.05) is 6.07 Å². The van der Waals surface area contributed by atoms with Crippen LogP contribution in [0.5, 0.6) is 0 Å². The van der Waals surface area contributed by atoms with Gasteiger partial charge < -0.3 is 15.2 Å². The lowest BCUT2D eigenvalue weighted by atomic mass is 9.92. The summed E-state index contributed by atoms with van der Waals surface area (Å²) in [7, 11) is 4.05. The number of rotatable bonds is 3. The molecule has 0 radical (unpaired) electrons. The minimum atomic E-state index is 0.112. The Hall–Kier alpha value is -1.13. The molecule has 0 aliphatic heterocycles. The average molecular weight is 235 g/mol. The lowest BCUT2D eigenvalue weighted by Crippen LogP contribution is -2.35. The number of hydrogen-bond acceptors (Lipinski definition) is 3. The van der Waals surface area contributed by atoms with E-state index in [-0.39, 0.29) is 11.6 Å². The van der Waals surface area contributed by atoms with Crippen LogP contribution in [0.15, 0.2) is 16.9 Å². The number of pyridine rings is 1. The first kappa shape index (κ1) is 12.3. The third-order valence-corrected chi connectivity index (χ3v) is 3.39. The van der Waals surface area contributed by atoms with Gasteiger partial charge in [0.15, 0.2) is 0 Å². The van der Waals surface area contributed by atoms with Gasteiger partial charge in [0, 0.05) is 30.9 Å². The Labute approximate surface area is 102 Å². The van der Waals surface area contributed by atoms with E-state index in [1.165, 1.54) is 11.3 Å². The van der Waals surface area contributed by atoms with Crippen LogP contribution in [-0.4, -0.2) is 36.1 Å². The van der Waals surface area contributed by atoms with E-state index in [4.69, 9.17) is 5.73 Å². The molecule has 2 N–H and O–H groups in total. The fourth-order valence-electron chi connectivity index (χ4n) is 2.40. The van der Waals surface area contributed by atoms with Crippen molar-refractivity contribution in [2.75, 3.05) is 20.6 Å². The summed E-state index contributed by atoms with van der Waals surface area (Å²) in [6, 6.07) is 3.87. The zero-order valence-corrected chi connectivity index (χ0v) is 10.6. The van der Waals surface area contributed by atoms with Crippen LogP contribution < -0.4 is 11.3 Å². The van der Waals surface area contributed by atoms with Crippen LogP contribution in [0.25, 0.3) is 0 Å². The molecular formula is C13H21N3O. The van der Waals surface area contributed by atoms with Crippen LogP contribution in [0.2, 0.25) is 0 Å². The first-order valence-electron chi connectivity index (χ1n) is 6.20. The Morgan fingerprint density at radius 3 is 2.94 bits per heavy atom. The molecule has 1 heterocycles. The van der Waals surface area contributed by atoms with Crippen LogP contribution in [-0.2, 0) is 19.4 Å². The molecule has 4 heteroatoms. The van der Waals surface area contributed by atoms with E-state index in [0.717, 1.165) is 32.4 Å². The monoisotopic (exact) mass is 235 g/mol. The van der Waals surface area contributed by atoms with E-state index in [1.54, 1.807) is 6.07 Å². The van der Waals surface area contributed by atoms with Crippen molar-refractivity contribution in [1.29, 1.82) is 0 Å². The molecule has 1 aliphatic rings. The first-order valence-corrected chi connectivity index (χ1v) is 6.20. The van der Waals surface area contributed by atoms with Gasteiger partial charge >= 0.3 is 0 Å². The highest BCUT2D eigenvalue weighted by atomic mass is 16.1. The van der Waals surface area contributed by atoms with E-state index in [0.29, 0.717) is 0 Å². The Morgan fingerprint density at radius 2 is 2.24 bits per heavy atom. The van der Waals surface area contributed by atoms with E-state index in [2.05, 4.69) is 4.90 Å². The quantitative estimate of drug-likeness (QED) is 0.816. The number of hydrogen-bond donors (Lipinski definition) is 1. The highest BCUT2D eigenvalue weighted by Gasteiger charge is 2.18. The molecule has 1 aromatic heterocycles. The fourth-order valence-corrected chi connectivity index (χ4v) is 2.40. The second-order valence-electron chi connectivity index (χ2n) is 5.10. The zero-order chi connectivity index (χ0) is 12.4. The molecule has 1 aromatic rings. The number of fused-ring (bicyclic) bond motifs is 1. The van der Waals surface area contributed by atoms with Crippen molar-refractivity contribution in [1.82, 2.24) is 9.47 Å². The second-order valence-corrected chi connectivity index (χ2v) is 5.10. The molecule has 0 fully saturated rings. The van der Waals surface area contributed by atoms with E-state index >= 15 is 0 Å². The Morgan fingerprint density at radius 1 is 1.47 bits per heavy atom. The number of aromatic nitrogens is 1. The lowest BCUT2D eigenvalue weighted by Gasteiger charge is -2.25. The molecular weight excluding hydrogens is 214 g/mol. The predicted molar refractivity (Wildman–Crippen MR) is 69.3 cm³/mol. The highest BCUT2D eigenvalue weighted by molar-refractivity contribution is 5.25. The van der Waals surface area contributed by atoms with Crippen LogP contribution in [0.4, 0.5) is 0 Å². The van der Waals surface area contributed by atoms with Crippen LogP contribution in [0.1, 0.15) is 17.7 Å². The Balaban J connectivity index is 2.30. The standard InChI is InChI=1S/C13H21N3O/c1-15(2)7-8-16-12-5-4-11(14)9-10(12)3-6-13(16)17/h3,6,11H,4-5,7-9,14H2,1-2H3/t11-/m0/s1. The molecule has 1 atom stereocenters. The van der Waals surface area contributed by atoms with Crippen LogP contribution >= 0.6 is 0 Å². The highest BCUT2D eigenvalue weighted by Crippen LogP contribution is 2.18. The largest absolute Gasteiger partial charge is 0.327 e. The molecule has 2 rings (SSSR count). The maximum absolute atomic E-state index is 11.9. The van der Waals surface area contributed by atoms with Gasteiger partial charge in [0.1, 0.15) is 0 Å². The van der Waals surface area contributed by atoms with Gasteiger partial charge in [0.2, 0.25) is 0 Å². The Bertz CT molecular complexity index is 450. The third kappa shape index (κ3) is 2.76. The smallest absolute Gasteiger partial charge is 0.250 e. The molecule has 0 saturated carbocycles. The van der Waals surface area contributed by atoms with Crippen molar-refractivity contribution in [2.24, 2.45) is 5.73 Å². The molecule has 0 bridgehead atoms. The summed E-state index contributed by atoms with van der Waals surface area (Å²) in [6.45, 7) is 1.66.